The number of unbranched alkanes of at least 4 members (excludes halogenated alkanes) is 6. The second-order valence-corrected chi connectivity index (χ2v) is 5.21. The first kappa shape index (κ1) is 17.3. The van der Waals surface area contributed by atoms with E-state index in [1.54, 1.807) is 0 Å². The highest BCUT2D eigenvalue weighted by Gasteiger charge is 2.01. The Labute approximate surface area is 113 Å². The fourth-order valence-electron chi connectivity index (χ4n) is 2.12. The highest BCUT2D eigenvalue weighted by Crippen LogP contribution is 2.08. The molecule has 0 unspecified atom stereocenters. The summed E-state index contributed by atoms with van der Waals surface area (Å²) in [7, 11) is 0. The van der Waals surface area contributed by atoms with Gasteiger partial charge in [-0.2, -0.15) is 12.6 Å². The Hall–Kier alpha value is 0.270. The van der Waals surface area contributed by atoms with E-state index in [4.69, 9.17) is 5.11 Å². The number of thiol groups is 1. The number of hydrogen-bond acceptors (Lipinski definition) is 3. The van der Waals surface area contributed by atoms with Crippen molar-refractivity contribution in [2.75, 3.05) is 32.0 Å². The van der Waals surface area contributed by atoms with Gasteiger partial charge < -0.3 is 10.0 Å². The summed E-state index contributed by atoms with van der Waals surface area (Å²) in [5.74, 6) is 1.03. The quantitative estimate of drug-likeness (QED) is 0.392. The van der Waals surface area contributed by atoms with Crippen LogP contribution >= 0.6 is 12.6 Å². The van der Waals surface area contributed by atoms with Gasteiger partial charge in [0.15, 0.2) is 0 Å². The van der Waals surface area contributed by atoms with E-state index in [1.807, 2.05) is 0 Å². The van der Waals surface area contributed by atoms with Crippen LogP contribution in [0.2, 0.25) is 0 Å². The summed E-state index contributed by atoms with van der Waals surface area (Å²) in [6, 6.07) is 0. The van der Waals surface area contributed by atoms with Gasteiger partial charge in [-0.1, -0.05) is 39.0 Å². The summed E-state index contributed by atoms with van der Waals surface area (Å²) in [5, 5.41) is 8.94. The molecule has 0 heterocycles. The predicted molar refractivity (Wildman–Crippen MR) is 80.0 cm³/mol. The van der Waals surface area contributed by atoms with E-state index >= 15 is 0 Å². The molecule has 0 aliphatic rings. The molecule has 104 valence electrons. The van der Waals surface area contributed by atoms with Gasteiger partial charge in [0, 0.05) is 6.54 Å². The lowest BCUT2D eigenvalue weighted by Gasteiger charge is -2.20. The van der Waals surface area contributed by atoms with Crippen molar-refractivity contribution >= 4 is 12.6 Å². The molecule has 1 N–H and O–H groups in total. The van der Waals surface area contributed by atoms with Crippen LogP contribution in [-0.4, -0.2) is 42.0 Å². The van der Waals surface area contributed by atoms with Gasteiger partial charge in [-0.3, -0.25) is 0 Å². The van der Waals surface area contributed by atoms with Crippen LogP contribution in [0.3, 0.4) is 0 Å². The fourth-order valence-corrected chi connectivity index (χ4v) is 2.35. The van der Waals surface area contributed by atoms with Gasteiger partial charge in [0.05, 0.1) is 6.61 Å². The SMILES string of the molecule is CCCN(CCO)CCCCCCCCCS. The van der Waals surface area contributed by atoms with Crippen molar-refractivity contribution in [3.63, 3.8) is 0 Å². The van der Waals surface area contributed by atoms with Crippen LogP contribution < -0.4 is 0 Å². The minimum atomic E-state index is 0.295. The Morgan fingerprint density at radius 1 is 0.824 bits per heavy atom. The lowest BCUT2D eigenvalue weighted by Crippen LogP contribution is -2.28. The van der Waals surface area contributed by atoms with E-state index < -0.39 is 0 Å². The Morgan fingerprint density at radius 2 is 1.41 bits per heavy atom. The Morgan fingerprint density at radius 3 is 1.94 bits per heavy atom. The third kappa shape index (κ3) is 12.5. The van der Waals surface area contributed by atoms with Crippen LogP contribution in [0.15, 0.2) is 0 Å². The van der Waals surface area contributed by atoms with E-state index in [9.17, 15) is 0 Å². The maximum Gasteiger partial charge on any atom is 0.0558 e. The van der Waals surface area contributed by atoms with E-state index in [1.165, 1.54) is 51.4 Å². The number of nitrogens with zero attached hydrogens (tertiary/aromatic N) is 1. The van der Waals surface area contributed by atoms with Gasteiger partial charge in [0.25, 0.3) is 0 Å². The van der Waals surface area contributed by atoms with Gasteiger partial charge in [0.2, 0.25) is 0 Å². The molecular formula is C14H31NOS. The highest BCUT2D eigenvalue weighted by atomic mass is 32.1. The van der Waals surface area contributed by atoms with Crippen LogP contribution in [0.5, 0.6) is 0 Å². The van der Waals surface area contributed by atoms with Crippen molar-refractivity contribution in [2.24, 2.45) is 0 Å². The Bertz CT molecular complexity index is 138. The van der Waals surface area contributed by atoms with E-state index in [-0.39, 0.29) is 0 Å². The summed E-state index contributed by atoms with van der Waals surface area (Å²) in [5.41, 5.74) is 0. The monoisotopic (exact) mass is 261 g/mol. The fraction of sp³-hybridized carbons (Fsp3) is 1.00. The van der Waals surface area contributed by atoms with Gasteiger partial charge >= 0.3 is 0 Å². The molecule has 0 aliphatic heterocycles. The molecule has 0 aromatic rings. The number of aliphatic hydroxyl groups is 1. The largest absolute Gasteiger partial charge is 0.395 e. The van der Waals surface area contributed by atoms with Gasteiger partial charge in [-0.15, -0.1) is 0 Å². The molecule has 0 saturated carbocycles. The Balaban J connectivity index is 3.23. The molecule has 3 heteroatoms. The predicted octanol–water partition coefficient (Wildman–Crippen LogP) is 3.35. The Kier molecular flexibility index (Phi) is 14.6. The first-order valence-electron chi connectivity index (χ1n) is 7.29. The van der Waals surface area contributed by atoms with E-state index in [0.29, 0.717) is 6.61 Å². The lowest BCUT2D eigenvalue weighted by atomic mass is 10.1. The molecule has 0 radical (unpaired) electrons. The van der Waals surface area contributed by atoms with Crippen LogP contribution in [0.4, 0.5) is 0 Å². The topological polar surface area (TPSA) is 23.5 Å². The number of aliphatic hydroxyl groups excluding tert-OH is 1. The molecule has 0 amide bonds. The molecule has 0 bridgehead atoms. The van der Waals surface area contributed by atoms with E-state index in [0.717, 1.165) is 25.4 Å². The molecule has 17 heavy (non-hydrogen) atoms. The van der Waals surface area contributed by atoms with Crippen molar-refractivity contribution in [3.05, 3.63) is 0 Å². The molecule has 0 fully saturated rings. The molecule has 0 aromatic heterocycles. The zero-order valence-electron chi connectivity index (χ0n) is 11.5. The molecule has 0 rings (SSSR count). The second-order valence-electron chi connectivity index (χ2n) is 4.76. The van der Waals surface area contributed by atoms with Gasteiger partial charge in [-0.05, 0) is 38.1 Å². The zero-order valence-corrected chi connectivity index (χ0v) is 12.4. The van der Waals surface area contributed by atoms with E-state index in [2.05, 4.69) is 24.5 Å². The molecule has 0 atom stereocenters. The third-order valence-electron chi connectivity index (χ3n) is 3.09. The first-order valence-corrected chi connectivity index (χ1v) is 7.92. The molecule has 2 nitrogen and oxygen atoms in total. The average Bonchev–Trinajstić information content (AvgIpc) is 2.33. The lowest BCUT2D eigenvalue weighted by molar-refractivity contribution is 0.193. The summed E-state index contributed by atoms with van der Waals surface area (Å²) in [4.78, 5) is 2.38. The first-order chi connectivity index (χ1) is 8.35. The molecule has 0 spiro atoms. The van der Waals surface area contributed by atoms with Crippen LogP contribution in [0, 0.1) is 0 Å². The van der Waals surface area contributed by atoms with Crippen molar-refractivity contribution in [1.29, 1.82) is 0 Å². The smallest absolute Gasteiger partial charge is 0.0558 e. The van der Waals surface area contributed by atoms with Crippen molar-refractivity contribution in [2.45, 2.75) is 58.3 Å². The zero-order chi connectivity index (χ0) is 12.8. The highest BCUT2D eigenvalue weighted by molar-refractivity contribution is 7.80. The summed E-state index contributed by atoms with van der Waals surface area (Å²) < 4.78 is 0. The van der Waals surface area contributed by atoms with Crippen LogP contribution in [0.25, 0.3) is 0 Å². The third-order valence-corrected chi connectivity index (χ3v) is 3.40. The van der Waals surface area contributed by atoms with Crippen molar-refractivity contribution in [3.8, 4) is 0 Å². The summed E-state index contributed by atoms with van der Waals surface area (Å²) in [6.07, 6.45) is 10.5. The van der Waals surface area contributed by atoms with Crippen LogP contribution in [0.1, 0.15) is 58.3 Å². The minimum absolute atomic E-state index is 0.295. The molecular weight excluding hydrogens is 230 g/mol. The minimum Gasteiger partial charge on any atom is -0.395 e. The average molecular weight is 261 g/mol. The standard InChI is InChI=1S/C14H31NOS/c1-2-10-15(12-13-16)11-8-6-4-3-5-7-9-14-17/h16-17H,2-14H2,1H3. The number of hydrogen-bond donors (Lipinski definition) is 2. The maximum atomic E-state index is 8.94. The normalized spacial score (nSPS) is 11.3. The molecule has 0 aromatic carbocycles. The number of rotatable bonds is 13. The maximum absolute atomic E-state index is 8.94. The second kappa shape index (κ2) is 14.3. The summed E-state index contributed by atoms with van der Waals surface area (Å²) in [6.45, 7) is 5.62. The van der Waals surface area contributed by atoms with Gasteiger partial charge in [0.1, 0.15) is 0 Å². The van der Waals surface area contributed by atoms with Crippen molar-refractivity contribution < 1.29 is 5.11 Å². The summed E-state index contributed by atoms with van der Waals surface area (Å²) >= 11 is 4.22. The van der Waals surface area contributed by atoms with Crippen molar-refractivity contribution in [1.82, 2.24) is 4.90 Å². The van der Waals surface area contributed by atoms with Gasteiger partial charge in [-0.25, -0.2) is 0 Å². The molecule has 0 saturated heterocycles. The molecule has 0 aliphatic carbocycles. The van der Waals surface area contributed by atoms with Crippen LogP contribution in [-0.2, 0) is 0 Å².